The number of hydrogen-bond acceptors (Lipinski definition) is 3. The first kappa shape index (κ1) is 9.10. The molecule has 0 unspecified atom stereocenters. The van der Waals surface area contributed by atoms with Gasteiger partial charge in [-0.05, 0) is 14.1 Å². The topological polar surface area (TPSA) is 49.4 Å². The van der Waals surface area contributed by atoms with Crippen molar-refractivity contribution in [1.29, 1.82) is 0 Å². The first-order valence-electron chi connectivity index (χ1n) is 3.02. The second-order valence-electron chi connectivity index (χ2n) is 2.21. The van der Waals surface area contributed by atoms with Crippen LogP contribution in [0.5, 0.6) is 0 Å². The Morgan fingerprint density at radius 1 is 1.60 bits per heavy atom. The van der Waals surface area contributed by atoms with Crippen molar-refractivity contribution in [1.82, 2.24) is 10.2 Å². The van der Waals surface area contributed by atoms with Crippen LogP contribution in [0.25, 0.3) is 0 Å². The quantitative estimate of drug-likeness (QED) is 0.507. The van der Waals surface area contributed by atoms with E-state index in [4.69, 9.17) is 0 Å². The number of carbonyl (C=O) groups excluding carboxylic acids is 2. The molecule has 0 atom stereocenters. The molecule has 0 aromatic rings. The van der Waals surface area contributed by atoms with Crippen molar-refractivity contribution < 1.29 is 9.59 Å². The number of likely N-dealkylation sites (N-methyl/N-ethyl adjacent to an activating group) is 1. The maximum atomic E-state index is 10.7. The zero-order chi connectivity index (χ0) is 7.98. The van der Waals surface area contributed by atoms with E-state index >= 15 is 0 Å². The van der Waals surface area contributed by atoms with E-state index in [1.807, 2.05) is 0 Å². The van der Waals surface area contributed by atoms with Gasteiger partial charge in [-0.15, -0.1) is 0 Å². The summed E-state index contributed by atoms with van der Waals surface area (Å²) in [6.07, 6.45) is 0.660. The Morgan fingerprint density at radius 2 is 2.20 bits per heavy atom. The summed E-state index contributed by atoms with van der Waals surface area (Å²) in [5.41, 5.74) is 0. The minimum atomic E-state index is -0.128. The van der Waals surface area contributed by atoms with Gasteiger partial charge in [0.2, 0.25) is 5.91 Å². The van der Waals surface area contributed by atoms with Crippen molar-refractivity contribution in [2.24, 2.45) is 0 Å². The molecule has 0 aliphatic heterocycles. The van der Waals surface area contributed by atoms with Gasteiger partial charge in [-0.25, -0.2) is 0 Å². The summed E-state index contributed by atoms with van der Waals surface area (Å²) in [6, 6.07) is 0. The van der Waals surface area contributed by atoms with Gasteiger partial charge in [-0.1, -0.05) is 0 Å². The summed E-state index contributed by atoms with van der Waals surface area (Å²) in [7, 11) is 3.58. The Balaban J connectivity index is 3.34. The molecule has 0 bridgehead atoms. The smallest absolute Gasteiger partial charge is 0.234 e. The van der Waals surface area contributed by atoms with E-state index in [9.17, 15) is 9.59 Å². The van der Waals surface area contributed by atoms with Gasteiger partial charge in [0, 0.05) is 0 Å². The second-order valence-corrected chi connectivity index (χ2v) is 2.21. The lowest BCUT2D eigenvalue weighted by Crippen LogP contribution is -2.34. The first-order valence-corrected chi connectivity index (χ1v) is 3.02. The summed E-state index contributed by atoms with van der Waals surface area (Å²) in [5.74, 6) is -0.128. The van der Waals surface area contributed by atoms with Crippen molar-refractivity contribution >= 4 is 12.2 Å². The van der Waals surface area contributed by atoms with Crippen LogP contribution in [-0.2, 0) is 9.59 Å². The van der Waals surface area contributed by atoms with Crippen LogP contribution < -0.4 is 5.32 Å². The molecule has 1 N–H and O–H groups in total. The number of nitrogens with zero attached hydrogens (tertiary/aromatic N) is 1. The number of carbonyl (C=O) groups is 2. The predicted molar refractivity (Wildman–Crippen MR) is 37.6 cm³/mol. The van der Waals surface area contributed by atoms with E-state index in [-0.39, 0.29) is 12.5 Å². The molecule has 0 aliphatic rings. The molecule has 0 aliphatic carbocycles. The summed E-state index contributed by atoms with van der Waals surface area (Å²) in [4.78, 5) is 22.2. The van der Waals surface area contributed by atoms with Crippen molar-refractivity contribution in [3.63, 3.8) is 0 Å². The lowest BCUT2D eigenvalue weighted by Gasteiger charge is -2.07. The van der Waals surface area contributed by atoms with E-state index in [2.05, 4.69) is 5.32 Å². The van der Waals surface area contributed by atoms with Crippen LogP contribution in [-0.4, -0.2) is 44.3 Å². The van der Waals surface area contributed by atoms with Gasteiger partial charge in [0.05, 0.1) is 13.1 Å². The van der Waals surface area contributed by atoms with E-state index in [1.54, 1.807) is 19.0 Å². The zero-order valence-corrected chi connectivity index (χ0v) is 6.26. The molecule has 0 fully saturated rings. The fourth-order valence-electron chi connectivity index (χ4n) is 0.499. The van der Waals surface area contributed by atoms with Crippen LogP contribution in [0.2, 0.25) is 0 Å². The Morgan fingerprint density at radius 3 is 2.60 bits per heavy atom. The SMILES string of the molecule is CN(C)CC(=O)NCC=O. The fraction of sp³-hybridized carbons (Fsp3) is 0.667. The van der Waals surface area contributed by atoms with Crippen LogP contribution >= 0.6 is 0 Å². The zero-order valence-electron chi connectivity index (χ0n) is 6.26. The van der Waals surface area contributed by atoms with Crippen LogP contribution in [0.1, 0.15) is 0 Å². The van der Waals surface area contributed by atoms with Gasteiger partial charge in [0.25, 0.3) is 0 Å². The maximum Gasteiger partial charge on any atom is 0.234 e. The highest BCUT2D eigenvalue weighted by molar-refractivity contribution is 5.79. The summed E-state index contributed by atoms with van der Waals surface area (Å²) < 4.78 is 0. The van der Waals surface area contributed by atoms with Gasteiger partial charge < -0.3 is 15.0 Å². The lowest BCUT2D eigenvalue weighted by molar-refractivity contribution is -0.123. The van der Waals surface area contributed by atoms with Gasteiger partial charge in [-0.3, -0.25) is 4.79 Å². The van der Waals surface area contributed by atoms with E-state index in [1.165, 1.54) is 0 Å². The van der Waals surface area contributed by atoms with Gasteiger partial charge in [-0.2, -0.15) is 0 Å². The molecule has 0 rings (SSSR count). The fourth-order valence-corrected chi connectivity index (χ4v) is 0.499. The standard InChI is InChI=1S/C6H12N2O2/c1-8(2)5-6(10)7-3-4-9/h4H,3,5H2,1-2H3,(H,7,10). The van der Waals surface area contributed by atoms with E-state index in [0.29, 0.717) is 12.8 Å². The number of hydrogen-bond donors (Lipinski definition) is 1. The summed E-state index contributed by atoms with van der Waals surface area (Å²) in [5, 5.41) is 2.42. The average molecular weight is 144 g/mol. The number of amides is 1. The van der Waals surface area contributed by atoms with Gasteiger partial charge in [0.1, 0.15) is 6.29 Å². The third-order valence-corrected chi connectivity index (χ3v) is 0.842. The highest BCUT2D eigenvalue weighted by Crippen LogP contribution is 1.71. The molecule has 4 heteroatoms. The van der Waals surface area contributed by atoms with Gasteiger partial charge >= 0.3 is 0 Å². The minimum Gasteiger partial charge on any atom is -0.348 e. The molecule has 0 saturated heterocycles. The van der Waals surface area contributed by atoms with E-state index in [0.717, 1.165) is 0 Å². The molecule has 4 nitrogen and oxygen atoms in total. The number of nitrogens with one attached hydrogen (secondary N) is 1. The first-order chi connectivity index (χ1) is 4.66. The van der Waals surface area contributed by atoms with Crippen LogP contribution in [0, 0.1) is 0 Å². The molecule has 1 amide bonds. The van der Waals surface area contributed by atoms with Crippen LogP contribution in [0.15, 0.2) is 0 Å². The van der Waals surface area contributed by atoms with Crippen molar-refractivity contribution in [3.05, 3.63) is 0 Å². The molecule has 0 spiro atoms. The van der Waals surface area contributed by atoms with Gasteiger partial charge in [0.15, 0.2) is 0 Å². The Labute approximate surface area is 60.2 Å². The molecular weight excluding hydrogens is 132 g/mol. The third-order valence-electron chi connectivity index (χ3n) is 0.842. The molecule has 0 saturated carbocycles. The Hall–Kier alpha value is -0.900. The number of rotatable bonds is 4. The molecule has 10 heavy (non-hydrogen) atoms. The number of aldehydes is 1. The second kappa shape index (κ2) is 4.93. The normalized spacial score (nSPS) is 9.50. The van der Waals surface area contributed by atoms with Crippen molar-refractivity contribution in [2.45, 2.75) is 0 Å². The summed E-state index contributed by atoms with van der Waals surface area (Å²) in [6.45, 7) is 0.431. The molecule has 0 aromatic heterocycles. The maximum absolute atomic E-state index is 10.7. The minimum absolute atomic E-state index is 0.104. The average Bonchev–Trinajstić information content (AvgIpc) is 1.82. The Bertz CT molecular complexity index is 123. The van der Waals surface area contributed by atoms with Crippen LogP contribution in [0.3, 0.4) is 0 Å². The monoisotopic (exact) mass is 144 g/mol. The molecule has 58 valence electrons. The third kappa shape index (κ3) is 5.24. The molecule has 0 aromatic carbocycles. The van der Waals surface area contributed by atoms with Crippen LogP contribution in [0.4, 0.5) is 0 Å². The lowest BCUT2D eigenvalue weighted by atomic mass is 10.5. The summed E-state index contributed by atoms with van der Waals surface area (Å²) >= 11 is 0. The van der Waals surface area contributed by atoms with Crippen molar-refractivity contribution in [2.75, 3.05) is 27.2 Å². The predicted octanol–water partition coefficient (Wildman–Crippen LogP) is -1.14. The highest BCUT2D eigenvalue weighted by atomic mass is 16.2. The molecular formula is C6H12N2O2. The largest absolute Gasteiger partial charge is 0.348 e. The molecule has 0 heterocycles. The Kier molecular flexibility index (Phi) is 4.49. The molecule has 0 radical (unpaired) electrons. The highest BCUT2D eigenvalue weighted by Gasteiger charge is 1.99. The van der Waals surface area contributed by atoms with Crippen molar-refractivity contribution in [3.8, 4) is 0 Å². The van der Waals surface area contributed by atoms with E-state index < -0.39 is 0 Å².